The van der Waals surface area contributed by atoms with Gasteiger partial charge in [0, 0.05) is 12.8 Å². The molecule has 0 radical (unpaired) electrons. The van der Waals surface area contributed by atoms with Crippen LogP contribution in [0.2, 0.25) is 10.0 Å². The van der Waals surface area contributed by atoms with Gasteiger partial charge in [-0.1, -0.05) is 101 Å². The summed E-state index contributed by atoms with van der Waals surface area (Å²) in [5.74, 6) is -2.65. The van der Waals surface area contributed by atoms with E-state index in [-0.39, 0.29) is 56.7 Å². The first-order valence-corrected chi connectivity index (χ1v) is 14.1. The molecule has 8 heteroatoms. The molecule has 0 saturated carbocycles. The molecule has 0 unspecified atom stereocenters. The van der Waals surface area contributed by atoms with Crippen LogP contribution in [0.4, 0.5) is 0 Å². The van der Waals surface area contributed by atoms with Gasteiger partial charge in [0.05, 0.1) is 32.3 Å². The zero-order valence-electron chi connectivity index (χ0n) is 22.2. The van der Waals surface area contributed by atoms with Crippen molar-refractivity contribution in [1.29, 1.82) is 0 Å². The Hall–Kier alpha value is -2.70. The number of Topliss-reactive ketones (excluding diaryl/α,β-unsaturated/α-hetero) is 2. The summed E-state index contributed by atoms with van der Waals surface area (Å²) in [7, 11) is 0. The standard InChI is InChI=1S/C30H36Cl2O6/c1-3-5-7-9-11-19-25(33)27-21(15-13-17-23(27)31)29(35)37-38-30(36)22-16-14-18-24(32)28(22)26(34)20-12-10-8-6-4-2/h13-18H,3-12,19-20H2,1-2H3. The second-order valence-corrected chi connectivity index (χ2v) is 10.1. The lowest BCUT2D eigenvalue weighted by atomic mass is 9.99. The van der Waals surface area contributed by atoms with Gasteiger partial charge in [0.2, 0.25) is 0 Å². The number of carbonyl (C=O) groups is 4. The van der Waals surface area contributed by atoms with Gasteiger partial charge in [-0.3, -0.25) is 9.59 Å². The molecule has 0 N–H and O–H groups in total. The molecular formula is C30H36Cl2O6. The number of hydrogen-bond acceptors (Lipinski definition) is 6. The summed E-state index contributed by atoms with van der Waals surface area (Å²) in [5.41, 5.74) is -0.128. The monoisotopic (exact) mass is 562 g/mol. The second-order valence-electron chi connectivity index (χ2n) is 9.24. The summed E-state index contributed by atoms with van der Waals surface area (Å²) >= 11 is 12.5. The van der Waals surface area contributed by atoms with Gasteiger partial charge in [0.25, 0.3) is 0 Å². The third-order valence-corrected chi connectivity index (χ3v) is 6.86. The Balaban J connectivity index is 2.08. The minimum atomic E-state index is -1.04. The van der Waals surface area contributed by atoms with Crippen molar-refractivity contribution in [2.24, 2.45) is 0 Å². The topological polar surface area (TPSA) is 86.7 Å². The van der Waals surface area contributed by atoms with E-state index in [4.69, 9.17) is 33.0 Å². The molecule has 0 aliphatic carbocycles. The molecule has 6 nitrogen and oxygen atoms in total. The van der Waals surface area contributed by atoms with Gasteiger partial charge in [0.1, 0.15) is 0 Å². The fourth-order valence-electron chi connectivity index (χ4n) is 4.15. The van der Waals surface area contributed by atoms with Crippen molar-refractivity contribution < 1.29 is 29.0 Å². The van der Waals surface area contributed by atoms with Crippen molar-refractivity contribution >= 4 is 46.7 Å². The predicted octanol–water partition coefficient (Wildman–Crippen LogP) is 9.01. The highest BCUT2D eigenvalue weighted by Crippen LogP contribution is 2.26. The Morgan fingerprint density at radius 3 is 1.32 bits per heavy atom. The van der Waals surface area contributed by atoms with Crippen LogP contribution in [-0.4, -0.2) is 23.5 Å². The number of rotatable bonds is 16. The Bertz CT molecular complexity index is 1020. The van der Waals surface area contributed by atoms with Crippen LogP contribution in [0.1, 0.15) is 132 Å². The van der Waals surface area contributed by atoms with Crippen molar-refractivity contribution in [3.05, 3.63) is 68.7 Å². The van der Waals surface area contributed by atoms with Crippen LogP contribution in [-0.2, 0) is 9.78 Å². The molecule has 0 aliphatic heterocycles. The normalized spacial score (nSPS) is 10.7. The third-order valence-electron chi connectivity index (χ3n) is 6.23. The first-order chi connectivity index (χ1) is 18.3. The van der Waals surface area contributed by atoms with E-state index in [2.05, 4.69) is 13.8 Å². The third kappa shape index (κ3) is 9.55. The van der Waals surface area contributed by atoms with Crippen LogP contribution < -0.4 is 0 Å². The summed E-state index contributed by atoms with van der Waals surface area (Å²) in [5, 5.41) is 0.233. The van der Waals surface area contributed by atoms with Crippen LogP contribution in [0.15, 0.2) is 36.4 Å². The van der Waals surface area contributed by atoms with Crippen molar-refractivity contribution in [3.8, 4) is 0 Å². The molecule has 0 aliphatic rings. The highest BCUT2D eigenvalue weighted by Gasteiger charge is 2.26. The molecule has 0 aromatic heterocycles. The fourth-order valence-corrected chi connectivity index (χ4v) is 4.71. The average molecular weight is 564 g/mol. The molecule has 2 rings (SSSR count). The summed E-state index contributed by atoms with van der Waals surface area (Å²) in [6.45, 7) is 4.22. The van der Waals surface area contributed by atoms with Crippen molar-refractivity contribution in [2.75, 3.05) is 0 Å². The molecule has 2 aromatic carbocycles. The van der Waals surface area contributed by atoms with Crippen molar-refractivity contribution in [1.82, 2.24) is 0 Å². The molecular weight excluding hydrogens is 527 g/mol. The number of benzene rings is 2. The fraction of sp³-hybridized carbons (Fsp3) is 0.467. The molecule has 0 heterocycles. The number of unbranched alkanes of at least 4 members (excludes halogenated alkanes) is 8. The molecule has 0 saturated heterocycles. The van der Waals surface area contributed by atoms with E-state index in [0.29, 0.717) is 12.8 Å². The molecule has 0 spiro atoms. The van der Waals surface area contributed by atoms with E-state index in [0.717, 1.165) is 51.4 Å². The molecule has 206 valence electrons. The highest BCUT2D eigenvalue weighted by molar-refractivity contribution is 6.35. The van der Waals surface area contributed by atoms with Gasteiger partial charge in [-0.2, -0.15) is 0 Å². The lowest BCUT2D eigenvalue weighted by molar-refractivity contribution is -0.187. The van der Waals surface area contributed by atoms with Gasteiger partial charge < -0.3 is 0 Å². The van der Waals surface area contributed by atoms with Crippen LogP contribution >= 0.6 is 23.2 Å². The summed E-state index contributed by atoms with van der Waals surface area (Å²) < 4.78 is 0. The van der Waals surface area contributed by atoms with E-state index >= 15 is 0 Å². The van der Waals surface area contributed by atoms with Crippen LogP contribution in [0.3, 0.4) is 0 Å². The van der Waals surface area contributed by atoms with Crippen LogP contribution in [0.5, 0.6) is 0 Å². The van der Waals surface area contributed by atoms with E-state index in [1.165, 1.54) is 36.4 Å². The minimum Gasteiger partial charge on any atom is -0.294 e. The van der Waals surface area contributed by atoms with Gasteiger partial charge in [-0.25, -0.2) is 19.4 Å². The highest BCUT2D eigenvalue weighted by atomic mass is 35.5. The first-order valence-electron chi connectivity index (χ1n) is 13.4. The van der Waals surface area contributed by atoms with Gasteiger partial charge in [-0.05, 0) is 37.1 Å². The Kier molecular flexibility index (Phi) is 14.1. The molecule has 0 atom stereocenters. The van der Waals surface area contributed by atoms with Crippen molar-refractivity contribution in [2.45, 2.75) is 90.9 Å². The van der Waals surface area contributed by atoms with Gasteiger partial charge in [-0.15, -0.1) is 0 Å². The quantitative estimate of drug-likeness (QED) is 0.0877. The number of ketones is 2. The summed E-state index contributed by atoms with van der Waals surface area (Å²) in [4.78, 5) is 60.8. The van der Waals surface area contributed by atoms with E-state index in [1.54, 1.807) is 0 Å². The van der Waals surface area contributed by atoms with Crippen molar-refractivity contribution in [3.63, 3.8) is 0 Å². The summed E-state index contributed by atoms with van der Waals surface area (Å²) in [6.07, 6.45) is 10.1. The molecule has 38 heavy (non-hydrogen) atoms. The molecule has 0 fully saturated rings. The largest absolute Gasteiger partial charge is 0.387 e. The van der Waals surface area contributed by atoms with Crippen LogP contribution in [0.25, 0.3) is 0 Å². The number of hydrogen-bond donors (Lipinski definition) is 0. The SMILES string of the molecule is CCCCCCCC(=O)c1c(Cl)cccc1C(=O)OOC(=O)c1cccc(Cl)c1C(=O)CCCCCCC. The first kappa shape index (κ1) is 31.5. The maximum absolute atomic E-state index is 12.8. The second kappa shape index (κ2) is 17.0. The van der Waals surface area contributed by atoms with E-state index < -0.39 is 11.9 Å². The zero-order chi connectivity index (χ0) is 27.9. The Morgan fingerprint density at radius 2 is 0.947 bits per heavy atom. The average Bonchev–Trinajstić information content (AvgIpc) is 2.90. The number of halogens is 2. The lowest BCUT2D eigenvalue weighted by Crippen LogP contribution is -2.17. The maximum Gasteiger partial charge on any atom is 0.387 e. The summed E-state index contributed by atoms with van der Waals surface area (Å²) in [6, 6.07) is 8.82. The molecule has 2 aromatic rings. The molecule has 0 bridgehead atoms. The smallest absolute Gasteiger partial charge is 0.294 e. The minimum absolute atomic E-state index is 0.0346. The van der Waals surface area contributed by atoms with E-state index in [1.807, 2.05) is 0 Å². The number of carbonyl (C=O) groups excluding carboxylic acids is 4. The Morgan fingerprint density at radius 1 is 0.579 bits per heavy atom. The van der Waals surface area contributed by atoms with Gasteiger partial charge in [0.15, 0.2) is 11.6 Å². The Labute approximate surface area is 234 Å². The predicted molar refractivity (Wildman–Crippen MR) is 149 cm³/mol. The van der Waals surface area contributed by atoms with Gasteiger partial charge >= 0.3 is 11.9 Å². The maximum atomic E-state index is 12.8. The van der Waals surface area contributed by atoms with Crippen LogP contribution in [0, 0.1) is 0 Å². The van der Waals surface area contributed by atoms with E-state index in [9.17, 15) is 19.2 Å². The molecule has 0 amide bonds. The lowest BCUT2D eigenvalue weighted by Gasteiger charge is -2.11. The zero-order valence-corrected chi connectivity index (χ0v) is 23.7.